The first-order valence-electron chi connectivity index (χ1n) is 12.4. The Morgan fingerprint density at radius 1 is 0.919 bits per heavy atom. The Morgan fingerprint density at radius 2 is 1.62 bits per heavy atom. The molecule has 0 spiro atoms. The third-order valence-electron chi connectivity index (χ3n) is 6.75. The number of phenols is 1. The molecule has 0 bridgehead atoms. The van der Waals surface area contributed by atoms with Crippen molar-refractivity contribution in [2.24, 2.45) is 0 Å². The van der Waals surface area contributed by atoms with Crippen LogP contribution in [-0.4, -0.2) is 16.1 Å². The number of hydrogen-bond acceptors (Lipinski definition) is 3. The van der Waals surface area contributed by atoms with Crippen molar-refractivity contribution in [3.05, 3.63) is 95.4 Å². The van der Waals surface area contributed by atoms with Gasteiger partial charge in [0.05, 0.1) is 0 Å². The monoisotopic (exact) mass is 495 g/mol. The molecule has 0 fully saturated rings. The Labute approximate surface area is 215 Å². The lowest BCUT2D eigenvalue weighted by molar-refractivity contribution is 0.0730. The van der Waals surface area contributed by atoms with Crippen molar-refractivity contribution >= 4 is 27.6 Å². The van der Waals surface area contributed by atoms with E-state index in [1.54, 1.807) is 18.2 Å². The van der Waals surface area contributed by atoms with Gasteiger partial charge in [-0.3, -0.25) is 0 Å². The molecule has 1 heterocycles. The zero-order valence-electron chi connectivity index (χ0n) is 21.6. The van der Waals surface area contributed by atoms with Crippen LogP contribution >= 0.6 is 0 Å². The SMILES string of the molecule is CC(C)c1ccccc1OC(=O)c1cc2ccccc2c(-c2c(C(C)(C)C)[nH]c3cc(F)ccc23)c1O. The molecule has 5 heteroatoms. The number of fused-ring (bicyclic) bond motifs is 2. The number of rotatable bonds is 4. The summed E-state index contributed by atoms with van der Waals surface area (Å²) in [4.78, 5) is 16.9. The molecule has 4 aromatic carbocycles. The molecule has 4 nitrogen and oxygen atoms in total. The van der Waals surface area contributed by atoms with Crippen molar-refractivity contribution in [3.8, 4) is 22.6 Å². The van der Waals surface area contributed by atoms with Gasteiger partial charge in [0.25, 0.3) is 0 Å². The van der Waals surface area contributed by atoms with Gasteiger partial charge in [0.15, 0.2) is 0 Å². The van der Waals surface area contributed by atoms with Crippen molar-refractivity contribution < 1.29 is 19.0 Å². The van der Waals surface area contributed by atoms with Crippen molar-refractivity contribution in [2.75, 3.05) is 0 Å². The summed E-state index contributed by atoms with van der Waals surface area (Å²) >= 11 is 0. The highest BCUT2D eigenvalue weighted by Gasteiger charge is 2.29. The lowest BCUT2D eigenvalue weighted by Crippen LogP contribution is -2.14. The number of hydrogen-bond donors (Lipinski definition) is 2. The topological polar surface area (TPSA) is 62.3 Å². The van der Waals surface area contributed by atoms with Gasteiger partial charge in [0.1, 0.15) is 22.9 Å². The molecule has 0 amide bonds. The molecule has 0 saturated heterocycles. The molecule has 1 aromatic heterocycles. The number of H-pyrrole nitrogens is 1. The van der Waals surface area contributed by atoms with Gasteiger partial charge in [-0.25, -0.2) is 9.18 Å². The number of esters is 1. The van der Waals surface area contributed by atoms with E-state index in [0.717, 1.165) is 33.0 Å². The van der Waals surface area contributed by atoms with Gasteiger partial charge >= 0.3 is 5.97 Å². The number of phenolic OH excluding ortho intramolecular Hbond substituents is 1. The zero-order chi connectivity index (χ0) is 26.5. The zero-order valence-corrected chi connectivity index (χ0v) is 21.6. The Morgan fingerprint density at radius 3 is 2.35 bits per heavy atom. The molecule has 0 aliphatic rings. The molecule has 188 valence electrons. The second-order valence-electron chi connectivity index (χ2n) is 10.8. The van der Waals surface area contributed by atoms with E-state index in [9.17, 15) is 14.3 Å². The maximum absolute atomic E-state index is 14.1. The highest BCUT2D eigenvalue weighted by molar-refractivity contribution is 6.13. The van der Waals surface area contributed by atoms with Crippen molar-refractivity contribution in [2.45, 2.75) is 46.0 Å². The number of carbonyl (C=O) groups is 1. The second kappa shape index (κ2) is 9.07. The van der Waals surface area contributed by atoms with Gasteiger partial charge in [-0.2, -0.15) is 0 Å². The predicted octanol–water partition coefficient (Wildman–Crippen LogP) is 8.47. The highest BCUT2D eigenvalue weighted by atomic mass is 19.1. The van der Waals surface area contributed by atoms with Gasteiger partial charge in [0.2, 0.25) is 0 Å². The van der Waals surface area contributed by atoms with E-state index in [-0.39, 0.29) is 28.5 Å². The van der Waals surface area contributed by atoms with Crippen LogP contribution in [0.3, 0.4) is 0 Å². The molecular formula is C32H30FNO3. The minimum absolute atomic E-state index is 0.0728. The predicted molar refractivity (Wildman–Crippen MR) is 147 cm³/mol. The first-order valence-corrected chi connectivity index (χ1v) is 12.4. The molecule has 5 aromatic rings. The van der Waals surface area contributed by atoms with Crippen LogP contribution in [-0.2, 0) is 5.41 Å². The van der Waals surface area contributed by atoms with E-state index in [1.807, 2.05) is 56.3 Å². The van der Waals surface area contributed by atoms with E-state index in [0.29, 0.717) is 16.8 Å². The largest absolute Gasteiger partial charge is 0.506 e. The highest BCUT2D eigenvalue weighted by Crippen LogP contribution is 2.47. The fourth-order valence-corrected chi connectivity index (χ4v) is 4.94. The lowest BCUT2D eigenvalue weighted by atomic mass is 9.84. The summed E-state index contributed by atoms with van der Waals surface area (Å²) in [5, 5.41) is 14.0. The number of ether oxygens (including phenoxy) is 1. The van der Waals surface area contributed by atoms with Gasteiger partial charge < -0.3 is 14.8 Å². The Hall–Kier alpha value is -4.12. The Kier molecular flexibility index (Phi) is 6.03. The number of aromatic amines is 1. The summed E-state index contributed by atoms with van der Waals surface area (Å²) in [7, 11) is 0. The van der Waals surface area contributed by atoms with Crippen LogP contribution in [0.2, 0.25) is 0 Å². The first kappa shape index (κ1) is 24.6. The quantitative estimate of drug-likeness (QED) is 0.194. The van der Waals surface area contributed by atoms with Crippen LogP contribution in [0.5, 0.6) is 11.5 Å². The average Bonchev–Trinajstić information content (AvgIpc) is 3.22. The number of aromatic nitrogens is 1. The fourth-order valence-electron chi connectivity index (χ4n) is 4.94. The summed E-state index contributed by atoms with van der Waals surface area (Å²) in [6.07, 6.45) is 0. The Bertz CT molecular complexity index is 1660. The minimum Gasteiger partial charge on any atom is -0.506 e. The maximum atomic E-state index is 14.1. The number of benzene rings is 4. The van der Waals surface area contributed by atoms with Gasteiger partial charge in [-0.1, -0.05) is 77.1 Å². The van der Waals surface area contributed by atoms with Crippen LogP contribution in [0, 0.1) is 5.82 Å². The minimum atomic E-state index is -0.638. The molecule has 0 aliphatic carbocycles. The molecule has 0 radical (unpaired) electrons. The van der Waals surface area contributed by atoms with Crippen molar-refractivity contribution in [3.63, 3.8) is 0 Å². The van der Waals surface area contributed by atoms with Crippen LogP contribution in [0.25, 0.3) is 32.8 Å². The molecule has 37 heavy (non-hydrogen) atoms. The van der Waals surface area contributed by atoms with Crippen LogP contribution in [0.1, 0.15) is 62.2 Å². The van der Waals surface area contributed by atoms with E-state index in [2.05, 4.69) is 25.8 Å². The average molecular weight is 496 g/mol. The first-order chi connectivity index (χ1) is 17.6. The van der Waals surface area contributed by atoms with Gasteiger partial charge in [0, 0.05) is 33.1 Å². The number of aromatic hydroxyl groups is 1. The smallest absolute Gasteiger partial charge is 0.347 e. The van der Waals surface area contributed by atoms with E-state index >= 15 is 0 Å². The van der Waals surface area contributed by atoms with E-state index in [1.165, 1.54) is 12.1 Å². The van der Waals surface area contributed by atoms with E-state index < -0.39 is 5.97 Å². The van der Waals surface area contributed by atoms with Crippen molar-refractivity contribution in [1.82, 2.24) is 4.98 Å². The van der Waals surface area contributed by atoms with Crippen LogP contribution in [0.4, 0.5) is 4.39 Å². The van der Waals surface area contributed by atoms with Gasteiger partial charge in [-0.05, 0) is 52.6 Å². The molecule has 0 saturated carbocycles. The normalized spacial score (nSPS) is 12.0. The van der Waals surface area contributed by atoms with Gasteiger partial charge in [-0.15, -0.1) is 0 Å². The molecule has 5 rings (SSSR count). The Balaban J connectivity index is 1.78. The molecule has 0 atom stereocenters. The summed E-state index contributed by atoms with van der Waals surface area (Å²) in [5.74, 6) is -0.529. The number of halogens is 1. The third kappa shape index (κ3) is 4.35. The molecule has 0 unspecified atom stereocenters. The second-order valence-corrected chi connectivity index (χ2v) is 10.8. The third-order valence-corrected chi connectivity index (χ3v) is 6.75. The number of nitrogens with one attached hydrogen (secondary N) is 1. The number of para-hydroxylation sites is 1. The standard InChI is InChI=1S/C32H30FNO3/c1-18(2)21-11-8-9-13-26(21)37-31(36)24-16-19-10-6-7-12-22(19)27(29(24)35)28-23-15-14-20(33)17-25(23)34-30(28)32(3,4)5/h6-18,34-35H,1-5H3. The summed E-state index contributed by atoms with van der Waals surface area (Å²) < 4.78 is 20.0. The molecule has 0 aliphatic heterocycles. The van der Waals surface area contributed by atoms with Crippen molar-refractivity contribution in [1.29, 1.82) is 0 Å². The van der Waals surface area contributed by atoms with E-state index in [4.69, 9.17) is 4.74 Å². The number of carbonyl (C=O) groups excluding carboxylic acids is 1. The summed E-state index contributed by atoms with van der Waals surface area (Å²) in [6.45, 7) is 10.2. The molecular weight excluding hydrogens is 465 g/mol. The van der Waals surface area contributed by atoms with Crippen LogP contribution < -0.4 is 4.74 Å². The fraction of sp³-hybridized carbons (Fsp3) is 0.219. The molecule has 2 N–H and O–H groups in total. The van der Waals surface area contributed by atoms with Crippen LogP contribution in [0.15, 0.2) is 72.8 Å². The lowest BCUT2D eigenvalue weighted by Gasteiger charge is -2.22. The summed E-state index contributed by atoms with van der Waals surface area (Å²) in [6, 6.07) is 21.3. The maximum Gasteiger partial charge on any atom is 0.347 e. The summed E-state index contributed by atoms with van der Waals surface area (Å²) in [5.41, 5.74) is 3.35.